The summed E-state index contributed by atoms with van der Waals surface area (Å²) in [5, 5.41) is 20.7. The summed E-state index contributed by atoms with van der Waals surface area (Å²) in [4.78, 5) is 9.36. The lowest BCUT2D eigenvalue weighted by Crippen LogP contribution is -2.06. The first kappa shape index (κ1) is 14.0. The zero-order valence-corrected chi connectivity index (χ0v) is 11.3. The fraction of sp³-hybridized carbons (Fsp3) is 0.0769. The third kappa shape index (κ3) is 2.35. The molecule has 2 aromatic carbocycles. The molecule has 1 N–H and O–H groups in total. The molecule has 0 aliphatic rings. The van der Waals surface area contributed by atoms with Crippen LogP contribution in [0.4, 0.5) is 5.69 Å². The van der Waals surface area contributed by atoms with Crippen molar-refractivity contribution >= 4 is 15.5 Å². The zero-order chi connectivity index (χ0) is 14.9. The molecule has 20 heavy (non-hydrogen) atoms. The van der Waals surface area contributed by atoms with Gasteiger partial charge in [-0.3, -0.25) is 10.1 Å². The van der Waals surface area contributed by atoms with Crippen molar-refractivity contribution < 1.29 is 18.4 Å². The third-order valence-corrected chi connectivity index (χ3v) is 4.60. The van der Waals surface area contributed by atoms with Crippen LogP contribution >= 0.6 is 0 Å². The number of phenols is 1. The van der Waals surface area contributed by atoms with Gasteiger partial charge in [0, 0.05) is 6.07 Å². The van der Waals surface area contributed by atoms with Crippen molar-refractivity contribution in [3.8, 4) is 5.75 Å². The Balaban J connectivity index is 2.71. The van der Waals surface area contributed by atoms with Crippen molar-refractivity contribution in [2.45, 2.75) is 16.7 Å². The van der Waals surface area contributed by atoms with Crippen LogP contribution in [0, 0.1) is 17.0 Å². The lowest BCUT2D eigenvalue weighted by Gasteiger charge is -2.07. The Hall–Kier alpha value is -2.41. The lowest BCUT2D eigenvalue weighted by molar-refractivity contribution is -0.387. The van der Waals surface area contributed by atoms with E-state index < -0.39 is 31.1 Å². The van der Waals surface area contributed by atoms with Crippen molar-refractivity contribution in [1.82, 2.24) is 0 Å². The van der Waals surface area contributed by atoms with E-state index in [2.05, 4.69) is 0 Å². The fourth-order valence-corrected chi connectivity index (χ4v) is 3.30. The van der Waals surface area contributed by atoms with E-state index in [0.29, 0.717) is 5.56 Å². The summed E-state index contributed by atoms with van der Waals surface area (Å²) in [6.45, 7) is 1.70. The van der Waals surface area contributed by atoms with Crippen LogP contribution in [0.5, 0.6) is 5.75 Å². The van der Waals surface area contributed by atoms with Gasteiger partial charge in [-0.2, -0.15) is 0 Å². The van der Waals surface area contributed by atoms with E-state index in [1.54, 1.807) is 6.92 Å². The van der Waals surface area contributed by atoms with Crippen LogP contribution in [0.25, 0.3) is 0 Å². The highest BCUT2D eigenvalue weighted by Gasteiger charge is 2.29. The molecule has 0 aliphatic carbocycles. The van der Waals surface area contributed by atoms with Crippen LogP contribution in [-0.4, -0.2) is 18.4 Å². The maximum Gasteiger partial charge on any atom is 0.288 e. The lowest BCUT2D eigenvalue weighted by atomic mass is 10.2. The fourth-order valence-electron chi connectivity index (χ4n) is 1.81. The van der Waals surface area contributed by atoms with Gasteiger partial charge in [0.1, 0.15) is 15.5 Å². The van der Waals surface area contributed by atoms with E-state index in [-0.39, 0.29) is 4.90 Å². The number of aromatic hydroxyl groups is 1. The van der Waals surface area contributed by atoms with Crippen molar-refractivity contribution in [3.63, 3.8) is 0 Å². The molecule has 0 aromatic heterocycles. The second-order valence-corrected chi connectivity index (χ2v) is 6.09. The SMILES string of the molecule is Cc1ccc(S(=O)(=O)c2ccccc2[N+](=O)[O-])c(O)c1. The normalized spacial score (nSPS) is 11.2. The minimum atomic E-state index is -4.15. The van der Waals surface area contributed by atoms with E-state index in [1.165, 1.54) is 30.3 Å². The van der Waals surface area contributed by atoms with Crippen LogP contribution in [0.2, 0.25) is 0 Å². The second-order valence-electron chi connectivity index (χ2n) is 4.20. The molecule has 0 saturated carbocycles. The number of rotatable bonds is 3. The molecule has 104 valence electrons. The van der Waals surface area contributed by atoms with Gasteiger partial charge < -0.3 is 5.11 Å². The first-order valence-corrected chi connectivity index (χ1v) is 7.10. The van der Waals surface area contributed by atoms with E-state index in [4.69, 9.17) is 0 Å². The molecular weight excluding hydrogens is 282 g/mol. The smallest absolute Gasteiger partial charge is 0.288 e. The number of aryl methyl sites for hydroxylation is 1. The highest BCUT2D eigenvalue weighted by molar-refractivity contribution is 7.91. The van der Waals surface area contributed by atoms with Crippen molar-refractivity contribution in [2.24, 2.45) is 0 Å². The average Bonchev–Trinajstić information content (AvgIpc) is 2.38. The van der Waals surface area contributed by atoms with Crippen LogP contribution in [0.1, 0.15) is 5.56 Å². The largest absolute Gasteiger partial charge is 0.507 e. The molecular formula is C13H11NO5S. The van der Waals surface area contributed by atoms with E-state index in [0.717, 1.165) is 12.1 Å². The summed E-state index contributed by atoms with van der Waals surface area (Å²) >= 11 is 0. The number of hydrogen-bond acceptors (Lipinski definition) is 5. The van der Waals surface area contributed by atoms with E-state index in [1.807, 2.05) is 0 Å². The Kier molecular flexibility index (Phi) is 3.46. The number of benzene rings is 2. The standard InChI is InChI=1S/C13H11NO5S/c1-9-6-7-13(11(15)8-9)20(18,19)12-5-3-2-4-10(12)14(16)17/h2-8,15H,1H3. The van der Waals surface area contributed by atoms with Crippen molar-refractivity contribution in [2.75, 3.05) is 0 Å². The molecule has 0 radical (unpaired) electrons. The Morgan fingerprint density at radius 2 is 1.75 bits per heavy atom. The molecule has 2 aromatic rings. The summed E-state index contributed by atoms with van der Waals surface area (Å²) < 4.78 is 24.9. The van der Waals surface area contributed by atoms with Gasteiger partial charge in [0.2, 0.25) is 9.84 Å². The Labute approximate surface area is 115 Å². The number of hydrogen-bond donors (Lipinski definition) is 1. The number of phenolic OH excluding ortho intramolecular Hbond substituents is 1. The van der Waals surface area contributed by atoms with Gasteiger partial charge in [-0.05, 0) is 30.7 Å². The van der Waals surface area contributed by atoms with Gasteiger partial charge in [0.05, 0.1) is 4.92 Å². The molecule has 0 bridgehead atoms. The molecule has 7 heteroatoms. The number of para-hydroxylation sites is 1. The van der Waals surface area contributed by atoms with Crippen LogP contribution in [0.15, 0.2) is 52.3 Å². The molecule has 0 heterocycles. The van der Waals surface area contributed by atoms with Crippen molar-refractivity contribution in [1.29, 1.82) is 0 Å². The van der Waals surface area contributed by atoms with E-state index >= 15 is 0 Å². The number of nitro benzene ring substituents is 1. The first-order chi connectivity index (χ1) is 9.34. The minimum absolute atomic E-state index is 0.350. The molecule has 0 saturated heterocycles. The topological polar surface area (TPSA) is 97.5 Å². The molecule has 0 aliphatic heterocycles. The van der Waals surface area contributed by atoms with Crippen LogP contribution in [-0.2, 0) is 9.84 Å². The molecule has 0 atom stereocenters. The molecule has 0 fully saturated rings. The molecule has 0 unspecified atom stereocenters. The summed E-state index contributed by atoms with van der Waals surface area (Å²) in [7, 11) is -4.15. The van der Waals surface area contributed by atoms with Gasteiger partial charge in [-0.1, -0.05) is 18.2 Å². The summed E-state index contributed by atoms with van der Waals surface area (Å²) in [6, 6.07) is 9.07. The number of nitro groups is 1. The monoisotopic (exact) mass is 293 g/mol. The predicted octanol–water partition coefficient (Wildman–Crippen LogP) is 2.44. The minimum Gasteiger partial charge on any atom is -0.507 e. The third-order valence-electron chi connectivity index (χ3n) is 2.76. The highest BCUT2D eigenvalue weighted by Crippen LogP contribution is 2.33. The van der Waals surface area contributed by atoms with Gasteiger partial charge in [-0.25, -0.2) is 8.42 Å². The van der Waals surface area contributed by atoms with Gasteiger partial charge in [-0.15, -0.1) is 0 Å². The Morgan fingerprint density at radius 1 is 1.10 bits per heavy atom. The average molecular weight is 293 g/mol. The molecule has 0 spiro atoms. The predicted molar refractivity (Wildman–Crippen MR) is 71.4 cm³/mol. The summed E-state index contributed by atoms with van der Waals surface area (Å²) in [5.41, 5.74) is 0.163. The quantitative estimate of drug-likeness (QED) is 0.692. The molecule has 0 amide bonds. The number of nitrogens with zero attached hydrogens (tertiary/aromatic N) is 1. The Bertz CT molecular complexity index is 783. The second kappa shape index (κ2) is 4.93. The first-order valence-electron chi connectivity index (χ1n) is 5.62. The maximum atomic E-state index is 12.4. The van der Waals surface area contributed by atoms with Gasteiger partial charge in [0.25, 0.3) is 5.69 Å². The van der Waals surface area contributed by atoms with Gasteiger partial charge >= 0.3 is 0 Å². The van der Waals surface area contributed by atoms with Crippen LogP contribution in [0.3, 0.4) is 0 Å². The van der Waals surface area contributed by atoms with Crippen molar-refractivity contribution in [3.05, 3.63) is 58.1 Å². The molecule has 2 rings (SSSR count). The zero-order valence-electron chi connectivity index (χ0n) is 10.5. The molecule has 6 nitrogen and oxygen atoms in total. The summed E-state index contributed by atoms with van der Waals surface area (Å²) in [5.74, 6) is -0.428. The van der Waals surface area contributed by atoms with E-state index in [9.17, 15) is 23.6 Å². The number of sulfone groups is 1. The van der Waals surface area contributed by atoms with Gasteiger partial charge in [0.15, 0.2) is 0 Å². The maximum absolute atomic E-state index is 12.4. The highest BCUT2D eigenvalue weighted by atomic mass is 32.2. The summed E-state index contributed by atoms with van der Waals surface area (Å²) in [6.07, 6.45) is 0. The Morgan fingerprint density at radius 3 is 2.35 bits per heavy atom. The van der Waals surface area contributed by atoms with Crippen LogP contribution < -0.4 is 0 Å².